The van der Waals surface area contributed by atoms with Gasteiger partial charge >= 0.3 is 0 Å². The van der Waals surface area contributed by atoms with Crippen LogP contribution in [0, 0.1) is 0 Å². The molecule has 0 aliphatic carbocycles. The van der Waals surface area contributed by atoms with E-state index in [0.717, 1.165) is 0 Å². The number of benzene rings is 1. The summed E-state index contributed by atoms with van der Waals surface area (Å²) in [6.07, 6.45) is 0. The van der Waals surface area contributed by atoms with E-state index in [1.165, 1.54) is 11.1 Å². The number of anilines is 1. The predicted octanol–water partition coefficient (Wildman–Crippen LogP) is 3.19. The van der Waals surface area contributed by atoms with Gasteiger partial charge in [0.05, 0.1) is 34.5 Å². The number of hydroxylamine groups is 2. The molecule has 1 aromatic carbocycles. The lowest BCUT2D eigenvalue weighted by molar-refractivity contribution is -0.108. The highest BCUT2D eigenvalue weighted by Gasteiger charge is 2.20. The van der Waals surface area contributed by atoms with Gasteiger partial charge in [0.25, 0.3) is 5.56 Å². The van der Waals surface area contributed by atoms with Crippen molar-refractivity contribution in [3.05, 3.63) is 62.5 Å². The number of nitrogens with zero attached hydrogens (tertiary/aromatic N) is 3. The van der Waals surface area contributed by atoms with Gasteiger partial charge in [-0.3, -0.25) is 9.63 Å². The van der Waals surface area contributed by atoms with Gasteiger partial charge in [-0.15, -0.1) is 21.7 Å². The highest BCUT2D eigenvalue weighted by atomic mass is 79.9. The molecule has 0 saturated carbocycles. The molecule has 134 valence electrons. The summed E-state index contributed by atoms with van der Waals surface area (Å²) in [4.78, 5) is 21.3. The Morgan fingerprint density at radius 1 is 1.20 bits per heavy atom. The molecule has 0 unspecified atom stereocenters. The van der Waals surface area contributed by atoms with Gasteiger partial charge in [0.15, 0.2) is 0 Å². The van der Waals surface area contributed by atoms with E-state index in [-0.39, 0.29) is 23.6 Å². The second-order valence-corrected chi connectivity index (χ2v) is 5.78. The van der Waals surface area contributed by atoms with Crippen molar-refractivity contribution in [3.63, 3.8) is 0 Å². The summed E-state index contributed by atoms with van der Waals surface area (Å²) < 4.78 is 0.547. The lowest BCUT2D eigenvalue weighted by Crippen LogP contribution is -2.34. The van der Waals surface area contributed by atoms with E-state index in [0.29, 0.717) is 45.2 Å². The standard InChI is InChI=1S/C15H14Cl2N4O3.BrH/c16-11-4-2-5-12(17)14(11)19-15-18-7-8-20(15)24-9-10-3-1-6-13(22)21(10)23;/h1-6,23H,7-9H2,(H,18,19);1H. The molecule has 0 radical (unpaired) electrons. The van der Waals surface area contributed by atoms with Crippen LogP contribution >= 0.6 is 40.2 Å². The third-order valence-corrected chi connectivity index (χ3v) is 4.01. The van der Waals surface area contributed by atoms with E-state index < -0.39 is 5.56 Å². The molecule has 7 nitrogen and oxygen atoms in total. The highest BCUT2D eigenvalue weighted by molar-refractivity contribution is 8.93. The minimum absolute atomic E-state index is 0. The maximum atomic E-state index is 11.4. The fourth-order valence-corrected chi connectivity index (χ4v) is 2.66. The average molecular weight is 450 g/mol. The summed E-state index contributed by atoms with van der Waals surface area (Å²) in [5.74, 6) is 0.452. The Morgan fingerprint density at radius 2 is 1.88 bits per heavy atom. The summed E-state index contributed by atoms with van der Waals surface area (Å²) in [6, 6.07) is 9.57. The van der Waals surface area contributed by atoms with Gasteiger partial charge < -0.3 is 10.5 Å². The van der Waals surface area contributed by atoms with E-state index in [4.69, 9.17) is 28.0 Å². The Kier molecular flexibility index (Phi) is 6.71. The SMILES string of the molecule is Br.O=c1cccc(CON2CCN=C2Nc2c(Cl)cccc2Cl)n1O. The zero-order valence-electron chi connectivity index (χ0n) is 12.9. The van der Waals surface area contributed by atoms with Crippen LogP contribution in [0.1, 0.15) is 5.69 Å². The topological polar surface area (TPSA) is 79.1 Å². The van der Waals surface area contributed by atoms with E-state index >= 15 is 0 Å². The zero-order valence-corrected chi connectivity index (χ0v) is 16.1. The van der Waals surface area contributed by atoms with Crippen LogP contribution in [0.15, 0.2) is 46.2 Å². The minimum atomic E-state index is -0.521. The number of aliphatic imine (C=N–C) groups is 1. The van der Waals surface area contributed by atoms with E-state index in [2.05, 4.69) is 10.3 Å². The third kappa shape index (κ3) is 4.46. The number of rotatable bonds is 4. The summed E-state index contributed by atoms with van der Waals surface area (Å²) in [5, 5.41) is 15.2. The molecule has 10 heteroatoms. The van der Waals surface area contributed by atoms with Gasteiger partial charge in [-0.25, -0.2) is 10.1 Å². The van der Waals surface area contributed by atoms with Crippen molar-refractivity contribution in [2.45, 2.75) is 6.61 Å². The minimum Gasteiger partial charge on any atom is -0.425 e. The van der Waals surface area contributed by atoms with Crippen molar-refractivity contribution in [1.29, 1.82) is 0 Å². The molecule has 0 fully saturated rings. The number of nitrogens with one attached hydrogen (secondary N) is 1. The van der Waals surface area contributed by atoms with E-state index in [1.807, 2.05) is 0 Å². The molecule has 0 amide bonds. The molecule has 2 N–H and O–H groups in total. The van der Waals surface area contributed by atoms with Gasteiger partial charge in [0.1, 0.15) is 6.61 Å². The van der Waals surface area contributed by atoms with Crippen LogP contribution in [-0.2, 0) is 11.4 Å². The number of pyridine rings is 1. The molecular formula is C15H15BrCl2N4O3. The van der Waals surface area contributed by atoms with Gasteiger partial charge in [-0.1, -0.05) is 35.3 Å². The van der Waals surface area contributed by atoms with Crippen molar-refractivity contribution in [2.75, 3.05) is 18.4 Å². The van der Waals surface area contributed by atoms with Gasteiger partial charge in [0, 0.05) is 6.07 Å². The van der Waals surface area contributed by atoms with Crippen molar-refractivity contribution in [2.24, 2.45) is 4.99 Å². The molecule has 3 rings (SSSR count). The van der Waals surface area contributed by atoms with Crippen molar-refractivity contribution < 1.29 is 10.0 Å². The summed E-state index contributed by atoms with van der Waals surface area (Å²) >= 11 is 12.3. The molecule has 1 aromatic heterocycles. The largest absolute Gasteiger partial charge is 0.425 e. The number of para-hydroxylation sites is 1. The number of hydrogen-bond acceptors (Lipinski definition) is 6. The average Bonchev–Trinajstić information content (AvgIpc) is 3.00. The Morgan fingerprint density at radius 3 is 2.60 bits per heavy atom. The summed E-state index contributed by atoms with van der Waals surface area (Å²) in [6.45, 7) is 1.06. The smallest absolute Gasteiger partial charge is 0.283 e. The molecule has 25 heavy (non-hydrogen) atoms. The highest BCUT2D eigenvalue weighted by Crippen LogP contribution is 2.30. The first-order chi connectivity index (χ1) is 11.6. The number of guanidine groups is 1. The Bertz CT molecular complexity index is 824. The Hall–Kier alpha value is -1.74. The fraction of sp³-hybridized carbons (Fsp3) is 0.200. The monoisotopic (exact) mass is 448 g/mol. The normalized spacial score (nSPS) is 13.4. The lowest BCUT2D eigenvalue weighted by atomic mass is 10.3. The third-order valence-electron chi connectivity index (χ3n) is 3.38. The first kappa shape index (κ1) is 19.6. The number of hydrogen-bond donors (Lipinski definition) is 2. The van der Waals surface area contributed by atoms with Gasteiger partial charge in [-0.2, -0.15) is 0 Å². The predicted molar refractivity (Wildman–Crippen MR) is 102 cm³/mol. The Labute approximate surface area is 164 Å². The van der Waals surface area contributed by atoms with Crippen molar-refractivity contribution in [1.82, 2.24) is 9.79 Å². The van der Waals surface area contributed by atoms with Crippen LogP contribution in [0.3, 0.4) is 0 Å². The molecule has 0 bridgehead atoms. The molecule has 1 aliphatic rings. The van der Waals surface area contributed by atoms with Crippen molar-refractivity contribution >= 4 is 51.8 Å². The van der Waals surface area contributed by atoms with E-state index in [1.54, 1.807) is 30.3 Å². The second-order valence-electron chi connectivity index (χ2n) is 4.97. The molecule has 0 saturated heterocycles. The summed E-state index contributed by atoms with van der Waals surface area (Å²) in [5.41, 5.74) is 0.339. The van der Waals surface area contributed by atoms with Crippen LogP contribution in [0.2, 0.25) is 10.0 Å². The lowest BCUT2D eigenvalue weighted by Gasteiger charge is -2.21. The van der Waals surface area contributed by atoms with Crippen LogP contribution in [0.5, 0.6) is 0 Å². The van der Waals surface area contributed by atoms with Gasteiger partial charge in [-0.05, 0) is 18.2 Å². The molecular weight excluding hydrogens is 435 g/mol. The zero-order chi connectivity index (χ0) is 17.1. The van der Waals surface area contributed by atoms with Gasteiger partial charge in [0.2, 0.25) is 5.96 Å². The molecule has 0 spiro atoms. The first-order valence-electron chi connectivity index (χ1n) is 7.12. The number of halogens is 3. The molecule has 2 heterocycles. The van der Waals surface area contributed by atoms with Crippen LogP contribution in [-0.4, -0.2) is 34.0 Å². The second kappa shape index (κ2) is 8.57. The molecule has 2 aromatic rings. The first-order valence-corrected chi connectivity index (χ1v) is 7.88. The fourth-order valence-electron chi connectivity index (χ4n) is 2.17. The summed E-state index contributed by atoms with van der Waals surface area (Å²) in [7, 11) is 0. The Balaban J connectivity index is 0.00000225. The quantitative estimate of drug-likeness (QED) is 0.700. The van der Waals surface area contributed by atoms with Crippen LogP contribution in [0.4, 0.5) is 5.69 Å². The maximum Gasteiger partial charge on any atom is 0.283 e. The van der Waals surface area contributed by atoms with E-state index in [9.17, 15) is 10.0 Å². The molecule has 0 atom stereocenters. The van der Waals surface area contributed by atoms with Crippen molar-refractivity contribution in [3.8, 4) is 0 Å². The molecule has 1 aliphatic heterocycles. The number of aromatic nitrogens is 1. The van der Waals surface area contributed by atoms with Crippen LogP contribution in [0.25, 0.3) is 0 Å². The maximum absolute atomic E-state index is 11.4. The van der Waals surface area contributed by atoms with Crippen LogP contribution < -0.4 is 10.9 Å².